The van der Waals surface area contributed by atoms with E-state index in [0.717, 1.165) is 0 Å². The molecule has 0 aliphatic rings. The van der Waals surface area contributed by atoms with Crippen LogP contribution in [0.25, 0.3) is 0 Å². The van der Waals surface area contributed by atoms with Crippen LogP contribution >= 0.6 is 0 Å². The van der Waals surface area contributed by atoms with E-state index in [1.807, 2.05) is 0 Å². The van der Waals surface area contributed by atoms with Crippen molar-refractivity contribution in [2.24, 2.45) is 0 Å². The quantitative estimate of drug-likeness (QED) is 0.484. The van der Waals surface area contributed by atoms with Gasteiger partial charge in [-0.1, -0.05) is 0 Å². The van der Waals surface area contributed by atoms with Crippen molar-refractivity contribution in [1.82, 2.24) is 0 Å². The van der Waals surface area contributed by atoms with Crippen molar-refractivity contribution in [2.45, 2.75) is 0 Å². The zero-order valence-electron chi connectivity index (χ0n) is 2.45. The van der Waals surface area contributed by atoms with Crippen LogP contribution in [0.3, 0.4) is 0 Å². The van der Waals surface area contributed by atoms with E-state index in [1.165, 1.54) is 0 Å². The molecule has 0 amide bonds. The minimum atomic E-state index is 0. The predicted octanol–water partition coefficient (Wildman–Crippen LogP) is -0.767. The van der Waals surface area contributed by atoms with Crippen LogP contribution in [0.15, 0.2) is 0 Å². The maximum atomic E-state index is 0. The van der Waals surface area contributed by atoms with Gasteiger partial charge in [0, 0.05) is 0 Å². The summed E-state index contributed by atoms with van der Waals surface area (Å²) in [5.74, 6) is 0. The SMILES string of the molecule is [Ca+2].[Cd+2].[Co+2].[Mg+2]. The van der Waals surface area contributed by atoms with Gasteiger partial charge in [-0.05, 0) is 0 Å². The molecule has 7 valence electrons. The Balaban J connectivity index is 0. The molecule has 0 unspecified atom stereocenters. The summed E-state index contributed by atoms with van der Waals surface area (Å²) in [7, 11) is 0. The largest absolute Gasteiger partial charge is 2.00 e. The molecule has 0 atom stereocenters. The van der Waals surface area contributed by atoms with Crippen LogP contribution in [0.4, 0.5) is 0 Å². The molecule has 0 saturated heterocycles. The molecule has 0 spiro atoms. The summed E-state index contributed by atoms with van der Waals surface area (Å²) in [5, 5.41) is 0. The maximum Gasteiger partial charge on any atom is 2.00 e. The van der Waals surface area contributed by atoms with Gasteiger partial charge in [-0.25, -0.2) is 0 Å². The van der Waals surface area contributed by atoms with E-state index in [1.54, 1.807) is 0 Å². The van der Waals surface area contributed by atoms with Gasteiger partial charge in [-0.15, -0.1) is 0 Å². The summed E-state index contributed by atoms with van der Waals surface area (Å²) >= 11 is 0. The summed E-state index contributed by atoms with van der Waals surface area (Å²) in [4.78, 5) is 0. The molecular formula is CaCdCoMg+8. The Morgan fingerprint density at radius 2 is 1.00 bits per heavy atom. The van der Waals surface area contributed by atoms with Crippen molar-refractivity contribution in [3.63, 3.8) is 0 Å². The van der Waals surface area contributed by atoms with Crippen LogP contribution in [-0.4, -0.2) is 60.8 Å². The van der Waals surface area contributed by atoms with Gasteiger partial charge in [0.15, 0.2) is 0 Å². The molecule has 0 rings (SSSR count). The van der Waals surface area contributed by atoms with Crippen molar-refractivity contribution >= 4 is 60.8 Å². The number of hydrogen-bond acceptors (Lipinski definition) is 0. The molecule has 0 heterocycles. The van der Waals surface area contributed by atoms with Crippen LogP contribution in [0.5, 0.6) is 0 Å². The topological polar surface area (TPSA) is 0 Å². The van der Waals surface area contributed by atoms with Crippen LogP contribution in [0.1, 0.15) is 0 Å². The van der Waals surface area contributed by atoms with Crippen molar-refractivity contribution < 1.29 is 44.1 Å². The Hall–Kier alpha value is 3.45. The monoisotopic (exact) mass is 237 g/mol. The van der Waals surface area contributed by atoms with E-state index < -0.39 is 0 Å². The van der Waals surface area contributed by atoms with Gasteiger partial charge in [0.05, 0.1) is 0 Å². The fourth-order valence-electron chi connectivity index (χ4n) is 0. The molecule has 4 heavy (non-hydrogen) atoms. The molecule has 0 aromatic carbocycles. The number of rotatable bonds is 0. The second-order valence-corrected chi connectivity index (χ2v) is 0. The predicted molar refractivity (Wildman–Crippen MR) is 11.5 cm³/mol. The molecule has 0 saturated carbocycles. The summed E-state index contributed by atoms with van der Waals surface area (Å²) in [6, 6.07) is 0. The zero-order chi connectivity index (χ0) is 0. The molecule has 0 aliphatic carbocycles. The molecular weight excluding hydrogens is 236 g/mol. The third kappa shape index (κ3) is 9.07. The molecule has 0 nitrogen and oxygen atoms in total. The Kier molecular flexibility index (Phi) is 105. The molecule has 0 N–H and O–H groups in total. The second-order valence-electron chi connectivity index (χ2n) is 0. The van der Waals surface area contributed by atoms with Gasteiger partial charge in [-0.2, -0.15) is 0 Å². The van der Waals surface area contributed by atoms with E-state index in [2.05, 4.69) is 0 Å². The summed E-state index contributed by atoms with van der Waals surface area (Å²) in [5.41, 5.74) is 0. The fourth-order valence-corrected chi connectivity index (χ4v) is 0. The van der Waals surface area contributed by atoms with E-state index in [9.17, 15) is 0 Å². The van der Waals surface area contributed by atoms with Gasteiger partial charge in [-0.3, -0.25) is 0 Å². The maximum absolute atomic E-state index is 0. The van der Waals surface area contributed by atoms with Crippen LogP contribution in [-0.2, 0) is 44.1 Å². The molecule has 0 aliphatic heterocycles. The van der Waals surface area contributed by atoms with Crippen molar-refractivity contribution in [2.75, 3.05) is 0 Å². The molecule has 0 fully saturated rings. The molecule has 0 bridgehead atoms. The molecule has 1 radical (unpaired) electrons. The van der Waals surface area contributed by atoms with Crippen LogP contribution < -0.4 is 0 Å². The minimum Gasteiger partial charge on any atom is 2.00 e. The Labute approximate surface area is 102 Å². The normalized spacial score (nSPS) is 0. The standard InChI is InChI=1S/Ca.Cd.Co.Mg/q4*+2. The molecule has 0 aromatic heterocycles. The average Bonchev–Trinajstić information content (AvgIpc) is 0. The summed E-state index contributed by atoms with van der Waals surface area (Å²) < 4.78 is 0. The average molecular weight is 236 g/mol. The van der Waals surface area contributed by atoms with Gasteiger partial charge in [0.25, 0.3) is 0 Å². The van der Waals surface area contributed by atoms with Gasteiger partial charge < -0.3 is 0 Å². The number of hydrogen-bond donors (Lipinski definition) is 0. The van der Waals surface area contributed by atoms with Crippen molar-refractivity contribution in [3.05, 3.63) is 0 Å². The van der Waals surface area contributed by atoms with Gasteiger partial charge in [0.2, 0.25) is 0 Å². The third-order valence-corrected chi connectivity index (χ3v) is 0. The Morgan fingerprint density at radius 1 is 1.00 bits per heavy atom. The first-order chi connectivity index (χ1) is 0. The second kappa shape index (κ2) is 16.1. The Morgan fingerprint density at radius 3 is 1.00 bits per heavy atom. The van der Waals surface area contributed by atoms with Crippen LogP contribution in [0.2, 0.25) is 0 Å². The molecule has 4 heteroatoms. The Bertz CT molecular complexity index is 8.00. The van der Waals surface area contributed by atoms with E-state index in [-0.39, 0.29) is 105 Å². The smallest absolute Gasteiger partial charge is 2.00 e. The third-order valence-electron chi connectivity index (χ3n) is 0. The summed E-state index contributed by atoms with van der Waals surface area (Å²) in [6.45, 7) is 0. The zero-order valence-corrected chi connectivity index (χ0v) is 11.2. The minimum absolute atomic E-state index is 0. The first-order valence-corrected chi connectivity index (χ1v) is 0. The van der Waals surface area contributed by atoms with Crippen molar-refractivity contribution in [1.29, 1.82) is 0 Å². The summed E-state index contributed by atoms with van der Waals surface area (Å²) in [6.07, 6.45) is 0. The first kappa shape index (κ1) is 26.0. The first-order valence-electron chi connectivity index (χ1n) is 0. The van der Waals surface area contributed by atoms with Crippen molar-refractivity contribution in [3.8, 4) is 0 Å². The van der Waals surface area contributed by atoms with Crippen LogP contribution in [0, 0.1) is 0 Å². The van der Waals surface area contributed by atoms with E-state index >= 15 is 0 Å². The van der Waals surface area contributed by atoms with E-state index in [4.69, 9.17) is 0 Å². The van der Waals surface area contributed by atoms with E-state index in [0.29, 0.717) is 0 Å². The molecule has 0 aromatic rings. The van der Waals surface area contributed by atoms with Gasteiger partial charge in [0.1, 0.15) is 0 Å². The van der Waals surface area contributed by atoms with Gasteiger partial charge >= 0.3 is 105 Å². The fraction of sp³-hybridized carbons (Fsp3) is 0.